The van der Waals surface area contributed by atoms with Crippen molar-refractivity contribution in [1.29, 1.82) is 0 Å². The maximum Gasteiger partial charge on any atom is 0.409 e. The van der Waals surface area contributed by atoms with Crippen LogP contribution in [-0.2, 0) is 9.47 Å². The van der Waals surface area contributed by atoms with Gasteiger partial charge in [0.2, 0.25) is 0 Å². The lowest BCUT2D eigenvalue weighted by molar-refractivity contribution is 0.0674. The minimum absolute atomic E-state index is 0.0340. The van der Waals surface area contributed by atoms with Crippen LogP contribution in [0.1, 0.15) is 0 Å². The molecular weight excluding hydrogens is 190 g/mol. The molecule has 84 valence electrons. The molecule has 0 aliphatic rings. The highest BCUT2D eigenvalue weighted by molar-refractivity contribution is 5.67. The second kappa shape index (κ2) is 8.74. The van der Waals surface area contributed by atoms with Gasteiger partial charge in [0.15, 0.2) is 0 Å². The van der Waals surface area contributed by atoms with Gasteiger partial charge >= 0.3 is 6.09 Å². The molecule has 0 aliphatic heterocycles. The van der Waals surface area contributed by atoms with Crippen molar-refractivity contribution in [3.05, 3.63) is 0 Å². The van der Waals surface area contributed by atoms with Crippen molar-refractivity contribution in [3.8, 4) is 0 Å². The molecule has 1 amide bonds. The Balaban J connectivity index is 3.84. The number of ether oxygens (including phenoxy) is 2. The molecule has 0 aromatic heterocycles. The van der Waals surface area contributed by atoms with E-state index in [0.717, 1.165) is 0 Å². The maximum absolute atomic E-state index is 11.2. The van der Waals surface area contributed by atoms with E-state index in [1.54, 1.807) is 0 Å². The highest BCUT2D eigenvalue weighted by atomic mass is 16.6. The number of rotatable bonds is 7. The molecule has 0 aliphatic carbocycles. The Morgan fingerprint density at radius 1 is 1.21 bits per heavy atom. The van der Waals surface area contributed by atoms with E-state index in [2.05, 4.69) is 4.74 Å². The van der Waals surface area contributed by atoms with Crippen molar-refractivity contribution in [2.45, 2.75) is 0 Å². The van der Waals surface area contributed by atoms with Crippen LogP contribution in [0.25, 0.3) is 0 Å². The number of carbonyl (C=O) groups is 1. The van der Waals surface area contributed by atoms with Gasteiger partial charge in [-0.05, 0) is 0 Å². The van der Waals surface area contributed by atoms with Crippen LogP contribution in [0.5, 0.6) is 0 Å². The quantitative estimate of drug-likeness (QED) is 0.563. The zero-order chi connectivity index (χ0) is 10.8. The monoisotopic (exact) mass is 207 g/mol. The van der Waals surface area contributed by atoms with Crippen molar-refractivity contribution in [1.82, 2.24) is 4.90 Å². The average molecular weight is 207 g/mol. The largest absolute Gasteiger partial charge is 0.447 e. The van der Waals surface area contributed by atoms with Crippen LogP contribution in [0.2, 0.25) is 0 Å². The number of aliphatic hydroxyl groups excluding tert-OH is 2. The second-order valence-electron chi connectivity index (χ2n) is 2.54. The van der Waals surface area contributed by atoms with Crippen LogP contribution in [0.15, 0.2) is 0 Å². The third-order valence-electron chi connectivity index (χ3n) is 1.51. The summed E-state index contributed by atoms with van der Waals surface area (Å²) in [6, 6.07) is 0. The van der Waals surface area contributed by atoms with Crippen LogP contribution < -0.4 is 0 Å². The molecule has 0 saturated carbocycles. The summed E-state index contributed by atoms with van der Waals surface area (Å²) in [6.07, 6.45) is -0.551. The first kappa shape index (κ1) is 13.2. The standard InChI is InChI=1S/C8H17NO5/c1-13-6-3-9(2-4-10)8(12)14-7-5-11/h10-11H,2-7H2,1H3. The minimum Gasteiger partial charge on any atom is -0.447 e. The second-order valence-corrected chi connectivity index (χ2v) is 2.54. The predicted octanol–water partition coefficient (Wildman–Crippen LogP) is -0.944. The molecule has 0 bridgehead atoms. The van der Waals surface area contributed by atoms with Crippen molar-refractivity contribution in [2.75, 3.05) is 46.6 Å². The topological polar surface area (TPSA) is 79.2 Å². The Kier molecular flexibility index (Phi) is 8.20. The summed E-state index contributed by atoms with van der Waals surface area (Å²) in [4.78, 5) is 12.5. The molecular formula is C8H17NO5. The van der Waals surface area contributed by atoms with Crippen molar-refractivity contribution in [3.63, 3.8) is 0 Å². The zero-order valence-corrected chi connectivity index (χ0v) is 8.31. The number of nitrogens with zero attached hydrogens (tertiary/aromatic N) is 1. The van der Waals surface area contributed by atoms with Gasteiger partial charge in [0.25, 0.3) is 0 Å². The summed E-state index contributed by atoms with van der Waals surface area (Å²) in [5.74, 6) is 0. The van der Waals surface area contributed by atoms with Gasteiger partial charge in [-0.2, -0.15) is 0 Å². The molecule has 0 atom stereocenters. The van der Waals surface area contributed by atoms with Gasteiger partial charge in [0.1, 0.15) is 6.61 Å². The molecule has 0 unspecified atom stereocenters. The Morgan fingerprint density at radius 2 is 1.93 bits per heavy atom. The average Bonchev–Trinajstić information content (AvgIpc) is 2.20. The lowest BCUT2D eigenvalue weighted by atomic mass is 10.5. The highest BCUT2D eigenvalue weighted by Crippen LogP contribution is 1.93. The van der Waals surface area contributed by atoms with E-state index in [4.69, 9.17) is 14.9 Å². The minimum atomic E-state index is -0.551. The fourth-order valence-corrected chi connectivity index (χ4v) is 0.841. The first-order chi connectivity index (χ1) is 6.76. The van der Waals surface area contributed by atoms with E-state index in [-0.39, 0.29) is 26.4 Å². The number of methoxy groups -OCH3 is 1. The third kappa shape index (κ3) is 5.74. The number of hydrogen-bond acceptors (Lipinski definition) is 5. The first-order valence-electron chi connectivity index (χ1n) is 4.38. The first-order valence-corrected chi connectivity index (χ1v) is 4.38. The molecule has 0 heterocycles. The van der Waals surface area contributed by atoms with Gasteiger partial charge in [-0.3, -0.25) is 0 Å². The van der Waals surface area contributed by atoms with Crippen molar-refractivity contribution >= 4 is 6.09 Å². The van der Waals surface area contributed by atoms with Crippen molar-refractivity contribution in [2.24, 2.45) is 0 Å². The lowest BCUT2D eigenvalue weighted by Gasteiger charge is -2.20. The Bertz CT molecular complexity index is 153. The molecule has 0 aromatic rings. The van der Waals surface area contributed by atoms with E-state index in [1.807, 2.05) is 0 Å². The Hall–Kier alpha value is -0.850. The molecule has 0 rings (SSSR count). The number of hydrogen-bond donors (Lipinski definition) is 2. The molecule has 0 saturated heterocycles. The highest BCUT2D eigenvalue weighted by Gasteiger charge is 2.13. The zero-order valence-electron chi connectivity index (χ0n) is 8.31. The molecule has 14 heavy (non-hydrogen) atoms. The number of amides is 1. The summed E-state index contributed by atoms with van der Waals surface area (Å²) < 4.78 is 9.47. The van der Waals surface area contributed by atoms with Crippen LogP contribution in [0, 0.1) is 0 Å². The van der Waals surface area contributed by atoms with Gasteiger partial charge in [-0.25, -0.2) is 4.79 Å². The van der Waals surface area contributed by atoms with Crippen LogP contribution >= 0.6 is 0 Å². The Labute approximate surface area is 83.0 Å². The normalized spacial score (nSPS) is 9.93. The molecule has 0 spiro atoms. The maximum atomic E-state index is 11.2. The summed E-state index contributed by atoms with van der Waals surface area (Å²) in [6.45, 7) is 0.581. The van der Waals surface area contributed by atoms with Crippen LogP contribution in [0.3, 0.4) is 0 Å². The molecule has 0 fully saturated rings. The van der Waals surface area contributed by atoms with E-state index in [1.165, 1.54) is 12.0 Å². The van der Waals surface area contributed by atoms with Crippen LogP contribution in [0.4, 0.5) is 4.79 Å². The molecule has 6 heteroatoms. The molecule has 2 N–H and O–H groups in total. The number of carbonyl (C=O) groups excluding carboxylic acids is 1. The van der Waals surface area contributed by atoms with Gasteiger partial charge < -0.3 is 24.6 Å². The van der Waals surface area contributed by atoms with E-state index in [0.29, 0.717) is 13.2 Å². The van der Waals surface area contributed by atoms with Crippen LogP contribution in [-0.4, -0.2) is 67.8 Å². The molecule has 0 radical (unpaired) electrons. The summed E-state index contributed by atoms with van der Waals surface area (Å²) >= 11 is 0. The predicted molar refractivity (Wildman–Crippen MR) is 49.0 cm³/mol. The molecule has 0 aromatic carbocycles. The fraction of sp³-hybridized carbons (Fsp3) is 0.875. The third-order valence-corrected chi connectivity index (χ3v) is 1.51. The summed E-state index contributed by atoms with van der Waals surface area (Å²) in [5.41, 5.74) is 0. The van der Waals surface area contributed by atoms with Gasteiger partial charge in [-0.1, -0.05) is 0 Å². The van der Waals surface area contributed by atoms with Gasteiger partial charge in [0.05, 0.1) is 19.8 Å². The summed E-state index contributed by atoms with van der Waals surface area (Å²) in [7, 11) is 1.52. The fourth-order valence-electron chi connectivity index (χ4n) is 0.841. The van der Waals surface area contributed by atoms with Gasteiger partial charge in [0, 0.05) is 20.2 Å². The smallest absolute Gasteiger partial charge is 0.409 e. The van der Waals surface area contributed by atoms with Crippen molar-refractivity contribution < 1.29 is 24.5 Å². The molecule has 6 nitrogen and oxygen atoms in total. The Morgan fingerprint density at radius 3 is 2.43 bits per heavy atom. The van der Waals surface area contributed by atoms with Gasteiger partial charge in [-0.15, -0.1) is 0 Å². The SMILES string of the molecule is COCCN(CCO)C(=O)OCCO. The number of aliphatic hydroxyl groups is 2. The van der Waals surface area contributed by atoms with E-state index in [9.17, 15) is 4.79 Å². The van der Waals surface area contributed by atoms with E-state index < -0.39 is 6.09 Å². The summed E-state index contributed by atoms with van der Waals surface area (Å²) in [5, 5.41) is 17.1. The van der Waals surface area contributed by atoms with E-state index >= 15 is 0 Å². The lowest BCUT2D eigenvalue weighted by Crippen LogP contribution is -2.37.